The van der Waals surface area contributed by atoms with E-state index in [1.165, 1.54) is 5.56 Å². The smallest absolute Gasteiger partial charge is 0.253 e. The quantitative estimate of drug-likeness (QED) is 0.765. The highest BCUT2D eigenvalue weighted by atomic mass is 16.2. The van der Waals surface area contributed by atoms with Crippen LogP contribution in [0.1, 0.15) is 48.2 Å². The van der Waals surface area contributed by atoms with Crippen molar-refractivity contribution in [1.29, 1.82) is 0 Å². The minimum absolute atomic E-state index is 0.0566. The van der Waals surface area contributed by atoms with Crippen LogP contribution in [0.3, 0.4) is 0 Å². The molecule has 1 aliphatic heterocycles. The number of hydrogen-bond acceptors (Lipinski definition) is 3. The summed E-state index contributed by atoms with van der Waals surface area (Å²) >= 11 is 0. The zero-order valence-corrected chi connectivity index (χ0v) is 17.1. The zero-order chi connectivity index (χ0) is 20.1. The lowest BCUT2D eigenvalue weighted by atomic mass is 9.70. The van der Waals surface area contributed by atoms with E-state index in [1.807, 2.05) is 56.4 Å². The molecule has 0 saturated carbocycles. The maximum atomic E-state index is 12.5. The van der Waals surface area contributed by atoms with Gasteiger partial charge in [0.1, 0.15) is 5.78 Å². The predicted octanol–water partition coefficient (Wildman–Crippen LogP) is 3.90. The SMILES string of the molecule is CCN(C)C(=O)c1ccc(CN2CCC(C(C)=O)(c3ccccc3)CC2)cc1. The molecule has 4 heteroatoms. The number of benzene rings is 2. The molecular formula is C24H30N2O2. The van der Waals surface area contributed by atoms with E-state index < -0.39 is 0 Å². The van der Waals surface area contributed by atoms with Gasteiger partial charge < -0.3 is 4.90 Å². The van der Waals surface area contributed by atoms with Crippen molar-refractivity contribution in [3.05, 3.63) is 71.3 Å². The van der Waals surface area contributed by atoms with Crippen LogP contribution in [0.15, 0.2) is 54.6 Å². The summed E-state index contributed by atoms with van der Waals surface area (Å²) in [5, 5.41) is 0. The fourth-order valence-electron chi connectivity index (χ4n) is 4.07. The zero-order valence-electron chi connectivity index (χ0n) is 17.1. The average molecular weight is 379 g/mol. The van der Waals surface area contributed by atoms with Crippen molar-refractivity contribution in [2.24, 2.45) is 0 Å². The first-order valence-corrected chi connectivity index (χ1v) is 10.1. The Kier molecular flexibility index (Phi) is 6.30. The summed E-state index contributed by atoms with van der Waals surface area (Å²) in [5.74, 6) is 0.322. The lowest BCUT2D eigenvalue weighted by Crippen LogP contribution is -2.46. The molecule has 0 unspecified atom stereocenters. The Balaban J connectivity index is 1.64. The molecule has 3 rings (SSSR count). The largest absolute Gasteiger partial charge is 0.342 e. The van der Waals surface area contributed by atoms with Gasteiger partial charge in [-0.1, -0.05) is 42.5 Å². The second-order valence-electron chi connectivity index (χ2n) is 7.80. The number of carbonyl (C=O) groups is 2. The topological polar surface area (TPSA) is 40.6 Å². The summed E-state index contributed by atoms with van der Waals surface area (Å²) in [5.41, 5.74) is 2.72. The van der Waals surface area contributed by atoms with Crippen molar-refractivity contribution in [2.45, 2.75) is 38.6 Å². The fraction of sp³-hybridized carbons (Fsp3) is 0.417. The third-order valence-corrected chi connectivity index (χ3v) is 6.14. The van der Waals surface area contributed by atoms with Gasteiger partial charge in [-0.15, -0.1) is 0 Å². The van der Waals surface area contributed by atoms with Crippen LogP contribution in [-0.4, -0.2) is 48.2 Å². The van der Waals surface area contributed by atoms with Crippen molar-refractivity contribution < 1.29 is 9.59 Å². The third kappa shape index (κ3) is 4.17. The van der Waals surface area contributed by atoms with E-state index in [1.54, 1.807) is 11.8 Å². The van der Waals surface area contributed by atoms with Crippen molar-refractivity contribution in [2.75, 3.05) is 26.7 Å². The number of nitrogens with zero attached hydrogens (tertiary/aromatic N) is 2. The molecule has 0 bridgehead atoms. The maximum Gasteiger partial charge on any atom is 0.253 e. The number of hydrogen-bond donors (Lipinski definition) is 0. The Morgan fingerprint density at radius 1 is 1.00 bits per heavy atom. The van der Waals surface area contributed by atoms with Crippen molar-refractivity contribution >= 4 is 11.7 Å². The van der Waals surface area contributed by atoms with Crippen LogP contribution in [0.2, 0.25) is 0 Å². The molecule has 148 valence electrons. The minimum atomic E-state index is -0.348. The van der Waals surface area contributed by atoms with Gasteiger partial charge in [0.2, 0.25) is 0 Å². The molecule has 0 N–H and O–H groups in total. The molecule has 4 nitrogen and oxygen atoms in total. The summed E-state index contributed by atoms with van der Waals surface area (Å²) in [6, 6.07) is 18.1. The van der Waals surface area contributed by atoms with Gasteiger partial charge in [-0.3, -0.25) is 14.5 Å². The predicted molar refractivity (Wildman–Crippen MR) is 112 cm³/mol. The number of ketones is 1. The molecule has 1 aliphatic rings. The number of amides is 1. The Hall–Kier alpha value is -2.46. The average Bonchev–Trinajstić information content (AvgIpc) is 2.74. The van der Waals surface area contributed by atoms with Crippen molar-refractivity contribution in [3.8, 4) is 0 Å². The summed E-state index contributed by atoms with van der Waals surface area (Å²) in [7, 11) is 1.82. The normalized spacial score (nSPS) is 16.5. The van der Waals surface area contributed by atoms with Crippen molar-refractivity contribution in [1.82, 2.24) is 9.80 Å². The molecule has 0 radical (unpaired) electrons. The molecule has 1 saturated heterocycles. The highest BCUT2D eigenvalue weighted by molar-refractivity contribution is 5.94. The molecule has 2 aromatic carbocycles. The molecule has 0 atom stereocenters. The second-order valence-corrected chi connectivity index (χ2v) is 7.80. The standard InChI is InChI=1S/C24H30N2O2/c1-4-25(3)23(28)21-12-10-20(11-13-21)18-26-16-14-24(15-17-26,19(2)27)22-8-6-5-7-9-22/h5-13H,4,14-18H2,1-3H3. The Labute approximate surface area is 168 Å². The second kappa shape index (κ2) is 8.70. The minimum Gasteiger partial charge on any atom is -0.342 e. The van der Waals surface area contributed by atoms with Gasteiger partial charge in [0, 0.05) is 25.7 Å². The summed E-state index contributed by atoms with van der Waals surface area (Å²) in [6.07, 6.45) is 1.70. The Bertz CT molecular complexity index is 806. The van der Waals surface area contributed by atoms with Crippen LogP contribution < -0.4 is 0 Å². The van der Waals surface area contributed by atoms with Crippen LogP contribution in [0.5, 0.6) is 0 Å². The molecular weight excluding hydrogens is 348 g/mol. The molecule has 1 fully saturated rings. The monoisotopic (exact) mass is 378 g/mol. The van der Waals surface area contributed by atoms with Crippen LogP contribution in [0.25, 0.3) is 0 Å². The number of piperidine rings is 1. The van der Waals surface area contributed by atoms with E-state index in [4.69, 9.17) is 0 Å². The lowest BCUT2D eigenvalue weighted by Gasteiger charge is -2.40. The van der Waals surface area contributed by atoms with Crippen LogP contribution in [-0.2, 0) is 16.8 Å². The molecule has 0 spiro atoms. The highest BCUT2D eigenvalue weighted by Gasteiger charge is 2.40. The van der Waals surface area contributed by atoms with E-state index in [0.717, 1.165) is 43.6 Å². The number of Topliss-reactive ketones (excluding diaryl/α,β-unsaturated/α-hetero) is 1. The molecule has 28 heavy (non-hydrogen) atoms. The fourth-order valence-corrected chi connectivity index (χ4v) is 4.07. The van der Waals surface area contributed by atoms with E-state index in [2.05, 4.69) is 17.0 Å². The highest BCUT2D eigenvalue weighted by Crippen LogP contribution is 2.36. The van der Waals surface area contributed by atoms with E-state index in [-0.39, 0.29) is 17.1 Å². The van der Waals surface area contributed by atoms with Crippen LogP contribution >= 0.6 is 0 Å². The Morgan fingerprint density at radius 3 is 2.14 bits per heavy atom. The third-order valence-electron chi connectivity index (χ3n) is 6.14. The summed E-state index contributed by atoms with van der Waals surface area (Å²) in [4.78, 5) is 28.9. The van der Waals surface area contributed by atoms with Gasteiger partial charge in [0.05, 0.1) is 5.41 Å². The van der Waals surface area contributed by atoms with E-state index >= 15 is 0 Å². The summed E-state index contributed by atoms with van der Waals surface area (Å²) < 4.78 is 0. The lowest BCUT2D eigenvalue weighted by molar-refractivity contribution is -0.124. The van der Waals surface area contributed by atoms with Crippen LogP contribution in [0, 0.1) is 0 Å². The van der Waals surface area contributed by atoms with Crippen LogP contribution in [0.4, 0.5) is 0 Å². The molecule has 0 aromatic heterocycles. The van der Waals surface area contributed by atoms with Gasteiger partial charge in [0.25, 0.3) is 5.91 Å². The van der Waals surface area contributed by atoms with Gasteiger partial charge in [0.15, 0.2) is 0 Å². The molecule has 1 amide bonds. The number of carbonyl (C=O) groups excluding carboxylic acids is 2. The molecule has 0 aliphatic carbocycles. The van der Waals surface area contributed by atoms with E-state index in [0.29, 0.717) is 6.54 Å². The first-order chi connectivity index (χ1) is 13.5. The van der Waals surface area contributed by atoms with Gasteiger partial charge in [-0.05, 0) is 63.0 Å². The maximum absolute atomic E-state index is 12.5. The van der Waals surface area contributed by atoms with Gasteiger partial charge >= 0.3 is 0 Å². The number of rotatable bonds is 6. The molecule has 1 heterocycles. The van der Waals surface area contributed by atoms with Crippen molar-refractivity contribution in [3.63, 3.8) is 0 Å². The summed E-state index contributed by atoms with van der Waals surface area (Å²) in [6.45, 7) is 7.04. The van der Waals surface area contributed by atoms with Gasteiger partial charge in [-0.25, -0.2) is 0 Å². The van der Waals surface area contributed by atoms with E-state index in [9.17, 15) is 9.59 Å². The first-order valence-electron chi connectivity index (χ1n) is 10.1. The molecule has 2 aromatic rings. The number of likely N-dealkylation sites (tertiary alicyclic amines) is 1. The first kappa shape index (κ1) is 20.3. The Morgan fingerprint density at radius 2 is 1.61 bits per heavy atom. The van der Waals surface area contributed by atoms with Gasteiger partial charge in [-0.2, -0.15) is 0 Å².